The molecular weight excluding hydrogens is 270 g/mol. The van der Waals surface area contributed by atoms with E-state index in [9.17, 15) is 0 Å². The molecule has 0 saturated heterocycles. The van der Waals surface area contributed by atoms with Gasteiger partial charge in [0.2, 0.25) is 5.88 Å². The Balaban J connectivity index is 2.17. The molecule has 0 amide bonds. The van der Waals surface area contributed by atoms with Crippen molar-refractivity contribution in [1.29, 1.82) is 0 Å². The minimum Gasteiger partial charge on any atom is -0.436 e. The van der Waals surface area contributed by atoms with Crippen LogP contribution in [0, 0.1) is 6.92 Å². The normalized spacial score (nSPS) is 10.4. The number of hydrogen-bond donors (Lipinski definition) is 0. The second-order valence-corrected chi connectivity index (χ2v) is 4.20. The van der Waals surface area contributed by atoms with Crippen molar-refractivity contribution in [2.75, 3.05) is 0 Å². The van der Waals surface area contributed by atoms with Crippen LogP contribution in [-0.2, 0) is 6.54 Å². The Bertz CT molecular complexity index is 496. The summed E-state index contributed by atoms with van der Waals surface area (Å²) in [7, 11) is 0. The number of nitrogens with zero attached hydrogens (tertiary/aromatic N) is 3. The van der Waals surface area contributed by atoms with Crippen LogP contribution in [0.2, 0.25) is 0 Å². The van der Waals surface area contributed by atoms with Gasteiger partial charge in [0.25, 0.3) is 0 Å². The Hall–Kier alpha value is -1.36. The summed E-state index contributed by atoms with van der Waals surface area (Å²) in [6.45, 7) is 4.78. The van der Waals surface area contributed by atoms with Crippen LogP contribution in [0.4, 0.5) is 0 Å². The van der Waals surface area contributed by atoms with E-state index in [4.69, 9.17) is 4.74 Å². The number of rotatable bonds is 3. The zero-order valence-corrected chi connectivity index (χ0v) is 10.7. The highest BCUT2D eigenvalue weighted by atomic mass is 79.9. The molecule has 4 nitrogen and oxygen atoms in total. The first kappa shape index (κ1) is 11.1. The molecule has 2 aromatic rings. The molecule has 0 bridgehead atoms. The molecule has 0 aromatic carbocycles. The lowest BCUT2D eigenvalue weighted by molar-refractivity contribution is 0.460. The van der Waals surface area contributed by atoms with Crippen LogP contribution >= 0.6 is 15.9 Å². The summed E-state index contributed by atoms with van der Waals surface area (Å²) < 4.78 is 8.36. The average Bonchev–Trinajstić information content (AvgIpc) is 2.71. The van der Waals surface area contributed by atoms with Gasteiger partial charge in [0.1, 0.15) is 0 Å². The molecule has 0 aliphatic rings. The van der Waals surface area contributed by atoms with Gasteiger partial charge in [0.15, 0.2) is 5.75 Å². The van der Waals surface area contributed by atoms with E-state index in [0.717, 1.165) is 16.7 Å². The number of aryl methyl sites for hydroxylation is 2. The maximum atomic E-state index is 5.58. The van der Waals surface area contributed by atoms with Crippen LogP contribution in [0.3, 0.4) is 0 Å². The number of hydrogen-bond acceptors (Lipinski definition) is 3. The maximum Gasteiger partial charge on any atom is 0.219 e. The highest BCUT2D eigenvalue weighted by Gasteiger charge is 2.03. The Morgan fingerprint density at radius 1 is 1.44 bits per heavy atom. The summed E-state index contributed by atoms with van der Waals surface area (Å²) in [5, 5.41) is 4.13. The second kappa shape index (κ2) is 4.65. The van der Waals surface area contributed by atoms with Crippen LogP contribution in [0.15, 0.2) is 29.0 Å². The first-order valence-electron chi connectivity index (χ1n) is 5.02. The van der Waals surface area contributed by atoms with Crippen LogP contribution in [0.5, 0.6) is 11.6 Å². The third-order valence-corrected chi connectivity index (χ3v) is 2.99. The third-order valence-electron chi connectivity index (χ3n) is 2.15. The monoisotopic (exact) mass is 281 g/mol. The molecule has 84 valence electrons. The molecule has 0 N–H and O–H groups in total. The van der Waals surface area contributed by atoms with Gasteiger partial charge in [-0.25, -0.2) is 4.98 Å². The molecule has 2 aromatic heterocycles. The van der Waals surface area contributed by atoms with E-state index >= 15 is 0 Å². The van der Waals surface area contributed by atoms with E-state index < -0.39 is 0 Å². The van der Waals surface area contributed by atoms with Crippen molar-refractivity contribution >= 4 is 15.9 Å². The van der Waals surface area contributed by atoms with E-state index in [1.807, 2.05) is 32.2 Å². The molecule has 0 fully saturated rings. The molecular formula is C11H12BrN3O. The summed E-state index contributed by atoms with van der Waals surface area (Å²) in [6.07, 6.45) is 3.53. The van der Waals surface area contributed by atoms with Crippen molar-refractivity contribution in [2.24, 2.45) is 0 Å². The topological polar surface area (TPSA) is 39.9 Å². The fraction of sp³-hybridized carbons (Fsp3) is 0.273. The number of halogens is 1. The first-order chi connectivity index (χ1) is 7.69. The van der Waals surface area contributed by atoms with Gasteiger partial charge >= 0.3 is 0 Å². The Morgan fingerprint density at radius 3 is 2.88 bits per heavy atom. The predicted molar refractivity (Wildman–Crippen MR) is 64.6 cm³/mol. The van der Waals surface area contributed by atoms with Crippen molar-refractivity contribution in [3.05, 3.63) is 34.7 Å². The Labute approximate surface area is 102 Å². The van der Waals surface area contributed by atoms with Gasteiger partial charge in [-0.1, -0.05) is 0 Å². The van der Waals surface area contributed by atoms with Gasteiger partial charge in [0.05, 0.1) is 18.1 Å². The second-order valence-electron chi connectivity index (χ2n) is 3.35. The molecule has 0 atom stereocenters. The highest BCUT2D eigenvalue weighted by molar-refractivity contribution is 9.10. The van der Waals surface area contributed by atoms with Crippen molar-refractivity contribution in [2.45, 2.75) is 20.4 Å². The molecule has 0 spiro atoms. The quantitative estimate of drug-likeness (QED) is 0.868. The van der Waals surface area contributed by atoms with Crippen molar-refractivity contribution in [1.82, 2.24) is 14.8 Å². The lowest BCUT2D eigenvalue weighted by Crippen LogP contribution is -1.92. The Kier molecular flexibility index (Phi) is 3.24. The van der Waals surface area contributed by atoms with Crippen LogP contribution < -0.4 is 4.74 Å². The van der Waals surface area contributed by atoms with Gasteiger partial charge in [-0.05, 0) is 35.8 Å². The van der Waals surface area contributed by atoms with Crippen LogP contribution in [0.1, 0.15) is 12.6 Å². The number of ether oxygens (including phenoxy) is 1. The van der Waals surface area contributed by atoms with E-state index in [0.29, 0.717) is 11.6 Å². The van der Waals surface area contributed by atoms with Crippen molar-refractivity contribution in [3.8, 4) is 11.6 Å². The molecule has 5 heteroatoms. The smallest absolute Gasteiger partial charge is 0.219 e. The van der Waals surface area contributed by atoms with E-state index in [-0.39, 0.29) is 0 Å². The highest BCUT2D eigenvalue weighted by Crippen LogP contribution is 2.22. The van der Waals surface area contributed by atoms with E-state index in [2.05, 4.69) is 26.0 Å². The summed E-state index contributed by atoms with van der Waals surface area (Å²) in [4.78, 5) is 4.30. The van der Waals surface area contributed by atoms with Gasteiger partial charge < -0.3 is 4.74 Å². The van der Waals surface area contributed by atoms with Crippen molar-refractivity contribution in [3.63, 3.8) is 0 Å². The van der Waals surface area contributed by atoms with Gasteiger partial charge in [-0.2, -0.15) is 5.10 Å². The molecule has 0 unspecified atom stereocenters. The largest absolute Gasteiger partial charge is 0.436 e. The zero-order valence-electron chi connectivity index (χ0n) is 9.14. The van der Waals surface area contributed by atoms with E-state index in [1.165, 1.54) is 0 Å². The fourth-order valence-corrected chi connectivity index (χ4v) is 1.49. The van der Waals surface area contributed by atoms with Crippen molar-refractivity contribution < 1.29 is 4.74 Å². The van der Waals surface area contributed by atoms with E-state index in [1.54, 1.807) is 10.9 Å². The van der Waals surface area contributed by atoms with Gasteiger partial charge in [0, 0.05) is 17.1 Å². The minimum atomic E-state index is 0.580. The molecule has 2 rings (SSSR count). The van der Waals surface area contributed by atoms with Gasteiger partial charge in [-0.3, -0.25) is 4.68 Å². The molecule has 2 heterocycles. The molecule has 0 radical (unpaired) electrons. The first-order valence-corrected chi connectivity index (χ1v) is 5.82. The summed E-state index contributed by atoms with van der Waals surface area (Å²) in [5.74, 6) is 1.28. The molecule has 16 heavy (non-hydrogen) atoms. The number of aromatic nitrogens is 3. The molecule has 0 saturated carbocycles. The number of pyridine rings is 1. The standard InChI is InChI=1S/C11H12BrN3O/c1-3-15-7-9(6-13-15)16-11-5-4-10(12)8(2)14-11/h4-7H,3H2,1-2H3. The fourth-order valence-electron chi connectivity index (χ4n) is 1.27. The predicted octanol–water partition coefficient (Wildman–Crippen LogP) is 3.16. The summed E-state index contributed by atoms with van der Waals surface area (Å²) >= 11 is 3.40. The SMILES string of the molecule is CCn1cc(Oc2ccc(Br)c(C)n2)cn1. The molecule has 0 aliphatic heterocycles. The third kappa shape index (κ3) is 2.41. The average molecular weight is 282 g/mol. The maximum absolute atomic E-state index is 5.58. The summed E-state index contributed by atoms with van der Waals surface area (Å²) in [5.41, 5.74) is 0.903. The lowest BCUT2D eigenvalue weighted by atomic mass is 10.4. The minimum absolute atomic E-state index is 0.580. The lowest BCUT2D eigenvalue weighted by Gasteiger charge is -2.03. The Morgan fingerprint density at radius 2 is 2.25 bits per heavy atom. The van der Waals surface area contributed by atoms with Crippen LogP contribution in [0.25, 0.3) is 0 Å². The molecule has 0 aliphatic carbocycles. The summed E-state index contributed by atoms with van der Waals surface area (Å²) in [6, 6.07) is 3.74. The zero-order chi connectivity index (χ0) is 11.5. The van der Waals surface area contributed by atoms with Crippen LogP contribution in [-0.4, -0.2) is 14.8 Å². The van der Waals surface area contributed by atoms with Gasteiger partial charge in [-0.15, -0.1) is 0 Å².